The van der Waals surface area contributed by atoms with Gasteiger partial charge < -0.3 is 15.8 Å². The van der Waals surface area contributed by atoms with Gasteiger partial charge in [0, 0.05) is 19.6 Å². The molecule has 0 spiro atoms. The summed E-state index contributed by atoms with van der Waals surface area (Å²) in [6, 6.07) is 0. The fourth-order valence-electron chi connectivity index (χ4n) is 1.57. The molecule has 3 N–H and O–H groups in total. The van der Waals surface area contributed by atoms with E-state index in [0.717, 1.165) is 39.3 Å². The summed E-state index contributed by atoms with van der Waals surface area (Å²) in [7, 11) is 0. The van der Waals surface area contributed by atoms with Crippen molar-refractivity contribution in [3.8, 4) is 0 Å². The molecule has 1 aliphatic heterocycles. The van der Waals surface area contributed by atoms with Gasteiger partial charge in [0.1, 0.15) is 6.54 Å². The fraction of sp³-hybridized carbons (Fsp3) is 0.900. The van der Waals surface area contributed by atoms with E-state index in [1.54, 1.807) is 0 Å². The molecule has 8 heteroatoms. The Morgan fingerprint density at radius 3 is 2.67 bits per heavy atom. The number of ether oxygens (including phenoxy) is 1. The topological polar surface area (TPSA) is 62.9 Å². The van der Waals surface area contributed by atoms with E-state index in [4.69, 9.17) is 10.5 Å². The highest BCUT2D eigenvalue weighted by molar-refractivity contribution is 14.0. The van der Waals surface area contributed by atoms with Gasteiger partial charge >= 0.3 is 0 Å². The van der Waals surface area contributed by atoms with Crippen molar-refractivity contribution in [1.29, 1.82) is 0 Å². The Morgan fingerprint density at radius 2 is 2.06 bits per heavy atom. The van der Waals surface area contributed by atoms with Crippen LogP contribution in [0.2, 0.25) is 0 Å². The van der Waals surface area contributed by atoms with Crippen molar-refractivity contribution < 1.29 is 13.5 Å². The summed E-state index contributed by atoms with van der Waals surface area (Å²) in [5.41, 5.74) is 5.41. The first-order valence-electron chi connectivity index (χ1n) is 5.80. The van der Waals surface area contributed by atoms with Crippen LogP contribution in [0.3, 0.4) is 0 Å². The highest BCUT2D eigenvalue weighted by Gasteiger charge is 2.09. The van der Waals surface area contributed by atoms with Crippen LogP contribution in [0.15, 0.2) is 4.99 Å². The molecule has 0 unspecified atom stereocenters. The smallest absolute Gasteiger partial charge is 0.257 e. The number of alkyl halides is 2. The maximum absolute atomic E-state index is 11.8. The average Bonchev–Trinajstić information content (AvgIpc) is 2.33. The van der Waals surface area contributed by atoms with Crippen LogP contribution >= 0.6 is 24.0 Å². The van der Waals surface area contributed by atoms with Crippen LogP contribution in [-0.2, 0) is 4.74 Å². The first-order valence-corrected chi connectivity index (χ1v) is 5.80. The normalized spacial score (nSPS) is 17.6. The standard InChI is InChI=1S/C10H20F2N4O.HI/c11-9(12)8-15-10(13)14-2-1-3-16-4-6-17-7-5-16;/h9H,1-8H2,(H3,13,14,15);1H. The molecule has 5 nitrogen and oxygen atoms in total. The van der Waals surface area contributed by atoms with Crippen molar-refractivity contribution in [2.75, 3.05) is 45.9 Å². The van der Waals surface area contributed by atoms with Crippen LogP contribution in [-0.4, -0.2) is 63.2 Å². The first kappa shape index (κ1) is 17.8. The lowest BCUT2D eigenvalue weighted by molar-refractivity contribution is 0.0376. The van der Waals surface area contributed by atoms with Crippen LogP contribution in [0, 0.1) is 0 Å². The molecule has 0 aromatic heterocycles. The third kappa shape index (κ3) is 8.81. The number of nitrogens with one attached hydrogen (secondary N) is 1. The van der Waals surface area contributed by atoms with Gasteiger partial charge in [-0.25, -0.2) is 13.8 Å². The van der Waals surface area contributed by atoms with E-state index in [0.29, 0.717) is 6.54 Å². The van der Waals surface area contributed by atoms with Crippen molar-refractivity contribution >= 4 is 29.9 Å². The Kier molecular flexibility index (Phi) is 10.5. The Labute approximate surface area is 123 Å². The molecule has 1 fully saturated rings. The third-order valence-electron chi connectivity index (χ3n) is 2.46. The molecule has 1 saturated heterocycles. The lowest BCUT2D eigenvalue weighted by Gasteiger charge is -2.26. The Balaban J connectivity index is 0.00000289. The monoisotopic (exact) mass is 378 g/mol. The lowest BCUT2D eigenvalue weighted by atomic mass is 10.3. The molecule has 0 aromatic carbocycles. The lowest BCUT2D eigenvalue weighted by Crippen LogP contribution is -2.39. The first-order chi connectivity index (χ1) is 8.18. The van der Waals surface area contributed by atoms with Gasteiger partial charge in [0.05, 0.1) is 13.2 Å². The molecule has 18 heavy (non-hydrogen) atoms. The van der Waals surface area contributed by atoms with Crippen LogP contribution in [0.4, 0.5) is 8.78 Å². The maximum Gasteiger partial charge on any atom is 0.257 e. The number of guanidine groups is 1. The van der Waals surface area contributed by atoms with Gasteiger partial charge in [-0.1, -0.05) is 0 Å². The highest BCUT2D eigenvalue weighted by atomic mass is 127. The van der Waals surface area contributed by atoms with Crippen molar-refractivity contribution in [2.24, 2.45) is 10.7 Å². The minimum atomic E-state index is -2.44. The van der Waals surface area contributed by atoms with E-state index in [9.17, 15) is 8.78 Å². The SMILES string of the molecule is I.NC(=NCC(F)F)NCCCN1CCOCC1. The van der Waals surface area contributed by atoms with Gasteiger partial charge in [-0.05, 0) is 13.0 Å². The Bertz CT molecular complexity index is 238. The van der Waals surface area contributed by atoms with Crippen LogP contribution < -0.4 is 11.1 Å². The summed E-state index contributed by atoms with van der Waals surface area (Å²) in [6.45, 7) is 4.54. The van der Waals surface area contributed by atoms with Gasteiger partial charge in [-0.2, -0.15) is 0 Å². The quantitative estimate of drug-likeness (QED) is 0.306. The van der Waals surface area contributed by atoms with Crippen LogP contribution in [0.25, 0.3) is 0 Å². The van der Waals surface area contributed by atoms with Gasteiger partial charge in [-0.3, -0.25) is 4.90 Å². The zero-order valence-electron chi connectivity index (χ0n) is 10.3. The molecule has 0 bridgehead atoms. The summed E-state index contributed by atoms with van der Waals surface area (Å²) in [4.78, 5) is 5.81. The van der Waals surface area contributed by atoms with Crippen LogP contribution in [0.1, 0.15) is 6.42 Å². The molecule has 0 aromatic rings. The zero-order chi connectivity index (χ0) is 12.5. The minimum absolute atomic E-state index is 0. The second-order valence-corrected chi connectivity index (χ2v) is 3.85. The van der Waals surface area contributed by atoms with Gasteiger partial charge in [0.2, 0.25) is 0 Å². The molecule has 0 aliphatic carbocycles. The molecule has 0 radical (unpaired) electrons. The number of aliphatic imine (C=N–C) groups is 1. The number of rotatable bonds is 6. The maximum atomic E-state index is 11.8. The number of halogens is 3. The highest BCUT2D eigenvalue weighted by Crippen LogP contribution is 1.97. The van der Waals surface area contributed by atoms with E-state index < -0.39 is 13.0 Å². The van der Waals surface area contributed by atoms with Crippen molar-refractivity contribution in [2.45, 2.75) is 12.8 Å². The third-order valence-corrected chi connectivity index (χ3v) is 2.46. The van der Waals surface area contributed by atoms with E-state index in [2.05, 4.69) is 15.2 Å². The number of morpholine rings is 1. The van der Waals surface area contributed by atoms with E-state index >= 15 is 0 Å². The Hall–Kier alpha value is -0.220. The van der Waals surface area contributed by atoms with Crippen molar-refractivity contribution in [3.05, 3.63) is 0 Å². The fourth-order valence-corrected chi connectivity index (χ4v) is 1.57. The Morgan fingerprint density at radius 1 is 1.39 bits per heavy atom. The van der Waals surface area contributed by atoms with E-state index in [-0.39, 0.29) is 29.9 Å². The second-order valence-electron chi connectivity index (χ2n) is 3.85. The number of nitrogens with zero attached hydrogens (tertiary/aromatic N) is 2. The number of hydrogen-bond acceptors (Lipinski definition) is 3. The molecule has 0 saturated carbocycles. The molecule has 1 rings (SSSR count). The predicted octanol–water partition coefficient (Wildman–Crippen LogP) is 0.496. The molecule has 0 atom stereocenters. The summed E-state index contributed by atoms with van der Waals surface area (Å²) in [5, 5.41) is 2.81. The zero-order valence-corrected chi connectivity index (χ0v) is 12.6. The molecule has 0 amide bonds. The molecular formula is C10H21F2IN4O. The number of nitrogens with two attached hydrogens (primary N) is 1. The van der Waals surface area contributed by atoms with Gasteiger partial charge in [0.25, 0.3) is 6.43 Å². The van der Waals surface area contributed by atoms with Gasteiger partial charge in [0.15, 0.2) is 5.96 Å². The summed E-state index contributed by atoms with van der Waals surface area (Å²) in [6.07, 6.45) is -1.53. The average molecular weight is 378 g/mol. The molecular weight excluding hydrogens is 357 g/mol. The van der Waals surface area contributed by atoms with E-state index in [1.807, 2.05) is 0 Å². The largest absolute Gasteiger partial charge is 0.379 e. The van der Waals surface area contributed by atoms with Crippen LogP contribution in [0.5, 0.6) is 0 Å². The van der Waals surface area contributed by atoms with E-state index in [1.165, 1.54) is 0 Å². The summed E-state index contributed by atoms with van der Waals surface area (Å²) < 4.78 is 28.9. The molecule has 1 aliphatic rings. The van der Waals surface area contributed by atoms with Crippen molar-refractivity contribution in [3.63, 3.8) is 0 Å². The number of hydrogen-bond donors (Lipinski definition) is 2. The summed E-state index contributed by atoms with van der Waals surface area (Å²) in [5.74, 6) is 0.0901. The molecule has 1 heterocycles. The molecule has 108 valence electrons. The predicted molar refractivity (Wildman–Crippen MR) is 77.8 cm³/mol. The van der Waals surface area contributed by atoms with Crippen molar-refractivity contribution in [1.82, 2.24) is 10.2 Å². The summed E-state index contributed by atoms with van der Waals surface area (Å²) >= 11 is 0. The van der Waals surface area contributed by atoms with Gasteiger partial charge in [-0.15, -0.1) is 24.0 Å². The second kappa shape index (κ2) is 10.7. The minimum Gasteiger partial charge on any atom is -0.379 e.